The number of amides is 1. The summed E-state index contributed by atoms with van der Waals surface area (Å²) in [6.45, 7) is 5.95. The molecule has 172 valence electrons. The van der Waals surface area contributed by atoms with E-state index in [1.807, 2.05) is 0 Å². The Morgan fingerprint density at radius 3 is 2.82 bits per heavy atom. The predicted molar refractivity (Wildman–Crippen MR) is 123 cm³/mol. The topological polar surface area (TPSA) is 120 Å². The molecule has 0 unspecified atom stereocenters. The summed E-state index contributed by atoms with van der Waals surface area (Å²) in [5.74, 6) is -0.728. The number of fused-ring (bicyclic) bond motifs is 1. The molecule has 9 nitrogen and oxygen atoms in total. The molecule has 2 aromatic heterocycles. The maximum atomic E-state index is 13.0. The Hall–Kier alpha value is -3.66. The van der Waals surface area contributed by atoms with Crippen LogP contribution in [-0.2, 0) is 27.4 Å². The van der Waals surface area contributed by atoms with Crippen LogP contribution in [-0.4, -0.2) is 39.6 Å². The zero-order valence-electron chi connectivity index (χ0n) is 18.0. The molecule has 0 aliphatic heterocycles. The van der Waals surface area contributed by atoms with Crippen LogP contribution in [0.2, 0.25) is 0 Å². The minimum atomic E-state index is -0.594. The number of carbonyl (C=O) groups is 3. The van der Waals surface area contributed by atoms with E-state index in [-0.39, 0.29) is 54.3 Å². The first-order valence-corrected chi connectivity index (χ1v) is 11.2. The molecule has 1 N–H and O–H groups in total. The second kappa shape index (κ2) is 11.3. The predicted octanol–water partition coefficient (Wildman–Crippen LogP) is 2.72. The van der Waals surface area contributed by atoms with Crippen molar-refractivity contribution in [1.29, 1.82) is 0 Å². The quantitative estimate of drug-likeness (QED) is 0.150. The van der Waals surface area contributed by atoms with Crippen LogP contribution in [0.4, 0.5) is 0 Å². The second-order valence-electron chi connectivity index (χ2n) is 6.90. The van der Waals surface area contributed by atoms with Gasteiger partial charge in [-0.1, -0.05) is 17.8 Å². The fraction of sp³-hybridized carbons (Fsp3) is 0.261. The fourth-order valence-corrected chi connectivity index (χ4v) is 3.86. The van der Waals surface area contributed by atoms with Crippen LogP contribution in [0.3, 0.4) is 0 Å². The van der Waals surface area contributed by atoms with Gasteiger partial charge in [-0.3, -0.25) is 23.7 Å². The Morgan fingerprint density at radius 1 is 1.30 bits per heavy atom. The lowest BCUT2D eigenvalue weighted by Gasteiger charge is -2.12. The van der Waals surface area contributed by atoms with Crippen LogP contribution in [0.1, 0.15) is 29.5 Å². The zero-order valence-corrected chi connectivity index (χ0v) is 18.9. The number of nitrogens with one attached hydrogen (secondary N) is 1. The van der Waals surface area contributed by atoms with Crippen LogP contribution in [0.25, 0.3) is 10.9 Å². The van der Waals surface area contributed by atoms with Gasteiger partial charge in [-0.15, -0.1) is 6.58 Å². The van der Waals surface area contributed by atoms with E-state index in [1.54, 1.807) is 37.3 Å². The molecular weight excluding hydrogens is 446 g/mol. The number of hydrogen-bond acceptors (Lipinski definition) is 8. The van der Waals surface area contributed by atoms with E-state index in [0.29, 0.717) is 22.2 Å². The van der Waals surface area contributed by atoms with Gasteiger partial charge in [0.25, 0.3) is 11.5 Å². The first-order valence-electron chi connectivity index (χ1n) is 10.2. The highest BCUT2D eigenvalue weighted by atomic mass is 32.2. The van der Waals surface area contributed by atoms with Crippen molar-refractivity contribution in [1.82, 2.24) is 14.9 Å². The molecule has 3 aromatic rings. The smallest absolute Gasteiger partial charge is 0.313 e. The van der Waals surface area contributed by atoms with Gasteiger partial charge in [-0.25, -0.2) is 4.98 Å². The standard InChI is InChI=1S/C23H23N3O6S/c1-3-9-26-22(30)18-8-7-15(21(29)24-13-17-6-5-10-32-17)11-19(18)25-23(26)33-14-16(27)12-20(28)31-4-2/h3,5-8,10-11H,1,4,9,12-14H2,2H3,(H,24,29). The number of nitrogens with zero attached hydrogens (tertiary/aromatic N) is 2. The minimum Gasteiger partial charge on any atom is -0.467 e. The molecule has 0 aliphatic carbocycles. The van der Waals surface area contributed by atoms with Crippen LogP contribution >= 0.6 is 11.8 Å². The van der Waals surface area contributed by atoms with Gasteiger partial charge in [-0.05, 0) is 37.3 Å². The Morgan fingerprint density at radius 2 is 2.12 bits per heavy atom. The van der Waals surface area contributed by atoms with Gasteiger partial charge in [0.2, 0.25) is 0 Å². The highest BCUT2D eigenvalue weighted by Crippen LogP contribution is 2.20. The Labute approximate surface area is 193 Å². The lowest BCUT2D eigenvalue weighted by molar-refractivity contribution is -0.145. The van der Waals surface area contributed by atoms with Crippen molar-refractivity contribution in [2.45, 2.75) is 31.6 Å². The number of hydrogen-bond donors (Lipinski definition) is 1. The van der Waals surface area contributed by atoms with E-state index >= 15 is 0 Å². The zero-order chi connectivity index (χ0) is 23.8. The van der Waals surface area contributed by atoms with Gasteiger partial charge in [0.15, 0.2) is 10.9 Å². The summed E-state index contributed by atoms with van der Waals surface area (Å²) in [4.78, 5) is 53.7. The number of carbonyl (C=O) groups excluding carboxylic acids is 3. The number of benzene rings is 1. The normalized spacial score (nSPS) is 10.7. The molecule has 2 heterocycles. The molecule has 0 atom stereocenters. The van der Waals surface area contributed by atoms with E-state index in [9.17, 15) is 19.2 Å². The van der Waals surface area contributed by atoms with Crippen molar-refractivity contribution in [2.24, 2.45) is 0 Å². The van der Waals surface area contributed by atoms with Crippen molar-refractivity contribution in [2.75, 3.05) is 12.4 Å². The molecular formula is C23H23N3O6S. The number of ketones is 1. The highest BCUT2D eigenvalue weighted by molar-refractivity contribution is 7.99. The molecule has 0 fully saturated rings. The van der Waals surface area contributed by atoms with Crippen molar-refractivity contribution in [3.05, 3.63) is 70.9 Å². The highest BCUT2D eigenvalue weighted by Gasteiger charge is 2.16. The third-order valence-electron chi connectivity index (χ3n) is 4.51. The SMILES string of the molecule is C=CCn1c(SCC(=O)CC(=O)OCC)nc2cc(C(=O)NCc3ccco3)ccc2c1=O. The molecule has 1 amide bonds. The molecule has 0 saturated heterocycles. The summed E-state index contributed by atoms with van der Waals surface area (Å²) in [6.07, 6.45) is 2.72. The molecule has 10 heteroatoms. The second-order valence-corrected chi connectivity index (χ2v) is 7.84. The number of ether oxygens (including phenoxy) is 1. The number of rotatable bonds is 11. The maximum absolute atomic E-state index is 13.0. The summed E-state index contributed by atoms with van der Waals surface area (Å²) < 4.78 is 11.4. The van der Waals surface area contributed by atoms with E-state index in [0.717, 1.165) is 11.8 Å². The van der Waals surface area contributed by atoms with Crippen molar-refractivity contribution < 1.29 is 23.5 Å². The minimum absolute atomic E-state index is 0.0583. The third-order valence-corrected chi connectivity index (χ3v) is 5.54. The fourth-order valence-electron chi connectivity index (χ4n) is 2.99. The van der Waals surface area contributed by atoms with Gasteiger partial charge in [0.05, 0.1) is 36.1 Å². The summed E-state index contributed by atoms with van der Waals surface area (Å²) in [7, 11) is 0. The Balaban J connectivity index is 1.83. The van der Waals surface area contributed by atoms with Gasteiger partial charge in [-0.2, -0.15) is 0 Å². The van der Waals surface area contributed by atoms with Crippen LogP contribution in [0, 0.1) is 0 Å². The van der Waals surface area contributed by atoms with Crippen molar-refractivity contribution in [3.8, 4) is 0 Å². The molecule has 0 aliphatic rings. The first kappa shape index (κ1) is 24.0. The van der Waals surface area contributed by atoms with E-state index in [4.69, 9.17) is 9.15 Å². The van der Waals surface area contributed by atoms with Crippen LogP contribution in [0.15, 0.2) is 63.6 Å². The van der Waals surface area contributed by atoms with Crippen LogP contribution < -0.4 is 10.9 Å². The van der Waals surface area contributed by atoms with E-state index < -0.39 is 5.97 Å². The third kappa shape index (κ3) is 6.19. The molecule has 1 aromatic carbocycles. The number of allylic oxidation sites excluding steroid dienone is 1. The van der Waals surface area contributed by atoms with Gasteiger partial charge in [0, 0.05) is 12.1 Å². The molecule has 0 spiro atoms. The molecule has 33 heavy (non-hydrogen) atoms. The number of Topliss-reactive ketones (excluding diaryl/α,β-unsaturated/α-hetero) is 1. The maximum Gasteiger partial charge on any atom is 0.313 e. The lowest BCUT2D eigenvalue weighted by Crippen LogP contribution is -2.25. The summed E-state index contributed by atoms with van der Waals surface area (Å²) in [6, 6.07) is 8.10. The monoisotopic (exact) mass is 469 g/mol. The summed E-state index contributed by atoms with van der Waals surface area (Å²) >= 11 is 1.04. The molecule has 3 rings (SSSR count). The van der Waals surface area contributed by atoms with Gasteiger partial charge in [0.1, 0.15) is 12.2 Å². The first-order chi connectivity index (χ1) is 15.9. The molecule has 0 bridgehead atoms. The molecule has 0 saturated carbocycles. The van der Waals surface area contributed by atoms with Gasteiger partial charge < -0.3 is 14.5 Å². The van der Waals surface area contributed by atoms with E-state index in [1.165, 1.54) is 16.9 Å². The number of aromatic nitrogens is 2. The average Bonchev–Trinajstić information content (AvgIpc) is 3.31. The Kier molecular flexibility index (Phi) is 8.20. The molecule has 0 radical (unpaired) electrons. The largest absolute Gasteiger partial charge is 0.467 e. The van der Waals surface area contributed by atoms with Crippen molar-refractivity contribution >= 4 is 40.3 Å². The van der Waals surface area contributed by atoms with Crippen LogP contribution in [0.5, 0.6) is 0 Å². The summed E-state index contributed by atoms with van der Waals surface area (Å²) in [5.41, 5.74) is 0.339. The number of thioether (sulfide) groups is 1. The Bertz CT molecular complexity index is 1230. The number of esters is 1. The number of furan rings is 1. The van der Waals surface area contributed by atoms with Gasteiger partial charge >= 0.3 is 5.97 Å². The van der Waals surface area contributed by atoms with Crippen molar-refractivity contribution in [3.63, 3.8) is 0 Å². The average molecular weight is 470 g/mol. The summed E-state index contributed by atoms with van der Waals surface area (Å²) in [5, 5.41) is 3.37. The lowest BCUT2D eigenvalue weighted by atomic mass is 10.1. The van der Waals surface area contributed by atoms with E-state index in [2.05, 4.69) is 16.9 Å².